The maximum absolute atomic E-state index is 5.34. The van der Waals surface area contributed by atoms with E-state index < -0.39 is 5.41 Å². The fraction of sp³-hybridized carbons (Fsp3) is 0.0227. The van der Waals surface area contributed by atoms with Crippen LogP contribution in [-0.2, 0) is 5.41 Å². The van der Waals surface area contributed by atoms with Crippen LogP contribution in [-0.4, -0.2) is 5.84 Å². The average molecular weight is 589 g/mol. The number of amidine groups is 1. The summed E-state index contributed by atoms with van der Waals surface area (Å²) < 4.78 is 0. The molecular weight excluding hydrogens is 556 g/mol. The fourth-order valence-corrected chi connectivity index (χ4v) is 6.94. The van der Waals surface area contributed by atoms with E-state index in [2.05, 4.69) is 199 Å². The first kappa shape index (κ1) is 27.6. The lowest BCUT2D eigenvalue weighted by Crippen LogP contribution is -2.31. The molecule has 8 rings (SSSR count). The average Bonchev–Trinajstić information content (AvgIpc) is 3.29. The molecule has 2 heteroatoms. The topological polar surface area (TPSA) is 15.6 Å². The van der Waals surface area contributed by atoms with Gasteiger partial charge >= 0.3 is 0 Å². The number of para-hydroxylation sites is 2. The predicted octanol–water partition coefficient (Wildman–Crippen LogP) is 11.0. The lowest BCUT2D eigenvalue weighted by molar-refractivity contribution is 0.745. The summed E-state index contributed by atoms with van der Waals surface area (Å²) in [6.07, 6.45) is 0. The van der Waals surface area contributed by atoms with E-state index in [1.807, 2.05) is 0 Å². The molecule has 0 N–H and O–H groups in total. The molecular formula is C44H32N2. The number of rotatable bonds is 6. The molecule has 0 fully saturated rings. The van der Waals surface area contributed by atoms with Gasteiger partial charge in [-0.1, -0.05) is 170 Å². The zero-order valence-electron chi connectivity index (χ0n) is 25.4. The number of anilines is 2. The maximum Gasteiger partial charge on any atom is 0.145 e. The van der Waals surface area contributed by atoms with Crippen LogP contribution in [0.25, 0.3) is 11.1 Å². The molecule has 7 aromatic carbocycles. The van der Waals surface area contributed by atoms with Gasteiger partial charge in [-0.15, -0.1) is 0 Å². The van der Waals surface area contributed by atoms with Crippen molar-refractivity contribution in [3.05, 3.63) is 222 Å². The van der Waals surface area contributed by atoms with Gasteiger partial charge in [0.1, 0.15) is 5.84 Å². The highest BCUT2D eigenvalue weighted by Crippen LogP contribution is 2.47. The third-order valence-electron chi connectivity index (χ3n) is 8.99. The van der Waals surface area contributed by atoms with Gasteiger partial charge in [0.25, 0.3) is 0 Å². The van der Waals surface area contributed by atoms with Gasteiger partial charge in [-0.3, -0.25) is 4.90 Å². The van der Waals surface area contributed by atoms with E-state index >= 15 is 0 Å². The predicted molar refractivity (Wildman–Crippen MR) is 191 cm³/mol. The zero-order chi connectivity index (χ0) is 30.8. The van der Waals surface area contributed by atoms with Crippen LogP contribution in [0, 0.1) is 0 Å². The van der Waals surface area contributed by atoms with E-state index in [-0.39, 0.29) is 0 Å². The minimum atomic E-state index is -0.508. The van der Waals surface area contributed by atoms with Gasteiger partial charge in [-0.25, -0.2) is 4.99 Å². The van der Waals surface area contributed by atoms with Gasteiger partial charge < -0.3 is 0 Å². The highest BCUT2D eigenvalue weighted by molar-refractivity contribution is 6.18. The summed E-state index contributed by atoms with van der Waals surface area (Å²) in [7, 11) is 0. The Labute approximate surface area is 270 Å². The summed E-state index contributed by atoms with van der Waals surface area (Å²) >= 11 is 0. The van der Waals surface area contributed by atoms with Gasteiger partial charge in [0.05, 0.1) is 16.8 Å². The van der Waals surface area contributed by atoms with Crippen molar-refractivity contribution in [3.8, 4) is 11.1 Å². The Morgan fingerprint density at radius 2 is 0.804 bits per heavy atom. The molecule has 0 amide bonds. The largest absolute Gasteiger partial charge is 0.294 e. The minimum Gasteiger partial charge on any atom is -0.294 e. The molecule has 0 aromatic heterocycles. The van der Waals surface area contributed by atoms with Crippen LogP contribution < -0.4 is 4.90 Å². The van der Waals surface area contributed by atoms with Gasteiger partial charge in [-0.05, 0) is 46.5 Å². The second kappa shape index (κ2) is 11.8. The lowest BCUT2D eigenvalue weighted by Gasteiger charge is -2.37. The quantitative estimate of drug-likeness (QED) is 0.176. The summed E-state index contributed by atoms with van der Waals surface area (Å²) in [6, 6.07) is 69.2. The molecule has 0 saturated carbocycles. The van der Waals surface area contributed by atoms with E-state index in [1.54, 1.807) is 0 Å². The summed E-state index contributed by atoms with van der Waals surface area (Å²) in [5, 5.41) is 0. The van der Waals surface area contributed by atoms with Gasteiger partial charge in [0.15, 0.2) is 0 Å². The summed E-state index contributed by atoms with van der Waals surface area (Å²) in [5.74, 6) is 0.895. The van der Waals surface area contributed by atoms with Crippen LogP contribution in [0.2, 0.25) is 0 Å². The van der Waals surface area contributed by atoms with Crippen molar-refractivity contribution in [2.45, 2.75) is 5.41 Å². The van der Waals surface area contributed by atoms with Gasteiger partial charge in [0, 0.05) is 22.4 Å². The minimum absolute atomic E-state index is 0.508. The highest BCUT2D eigenvalue weighted by Gasteiger charge is 2.38. The van der Waals surface area contributed by atoms with E-state index in [0.717, 1.165) is 39.6 Å². The van der Waals surface area contributed by atoms with Crippen molar-refractivity contribution >= 4 is 22.9 Å². The normalized spacial score (nSPS) is 12.4. The van der Waals surface area contributed by atoms with E-state index in [1.165, 1.54) is 22.3 Å². The van der Waals surface area contributed by atoms with E-state index in [4.69, 9.17) is 4.99 Å². The van der Waals surface area contributed by atoms with E-state index in [0.29, 0.717) is 0 Å². The third-order valence-corrected chi connectivity index (χ3v) is 8.99. The Balaban J connectivity index is 1.36. The second-order valence-electron chi connectivity index (χ2n) is 11.6. The Hall–Kier alpha value is -5.99. The molecule has 0 radical (unpaired) electrons. The molecule has 0 bridgehead atoms. The van der Waals surface area contributed by atoms with Crippen LogP contribution >= 0.6 is 0 Å². The van der Waals surface area contributed by atoms with Crippen molar-refractivity contribution in [1.82, 2.24) is 0 Å². The number of hydrogen-bond acceptors (Lipinski definition) is 2. The Morgan fingerprint density at radius 1 is 0.370 bits per heavy atom. The second-order valence-corrected chi connectivity index (χ2v) is 11.6. The van der Waals surface area contributed by atoms with Crippen molar-refractivity contribution in [2.24, 2.45) is 4.99 Å². The Bertz CT molecular complexity index is 2020. The number of aliphatic imine (C=N–C) groups is 1. The number of fused-ring (bicyclic) bond motifs is 3. The van der Waals surface area contributed by atoms with Gasteiger partial charge in [0.2, 0.25) is 0 Å². The van der Waals surface area contributed by atoms with Crippen LogP contribution in [0.15, 0.2) is 199 Å². The smallest absolute Gasteiger partial charge is 0.145 e. The standard InChI is InChI=1S/C44H32N2/c1-5-17-33(18-6-1)43-45-41-27-15-13-25-39(41)40-26-14-16-28-42(40)46(43)38-31-29-37(30-32-38)44(34-19-7-2-8-20-34,35-21-9-3-10-22-35)36-23-11-4-12-24-36/h1-32H. The number of nitrogens with zero attached hydrogens (tertiary/aromatic N) is 2. The fourth-order valence-electron chi connectivity index (χ4n) is 6.94. The van der Waals surface area contributed by atoms with Crippen molar-refractivity contribution in [3.63, 3.8) is 0 Å². The molecule has 46 heavy (non-hydrogen) atoms. The zero-order valence-corrected chi connectivity index (χ0v) is 25.4. The monoisotopic (exact) mass is 588 g/mol. The molecule has 1 aliphatic rings. The van der Waals surface area contributed by atoms with Gasteiger partial charge in [-0.2, -0.15) is 0 Å². The highest BCUT2D eigenvalue weighted by atomic mass is 15.2. The third kappa shape index (κ3) is 4.63. The first-order valence-corrected chi connectivity index (χ1v) is 15.7. The number of benzene rings is 7. The number of hydrogen-bond donors (Lipinski definition) is 0. The molecule has 0 aliphatic carbocycles. The Morgan fingerprint density at radius 3 is 1.37 bits per heavy atom. The van der Waals surface area contributed by atoms with Crippen LogP contribution in [0.3, 0.4) is 0 Å². The first-order chi connectivity index (χ1) is 22.8. The maximum atomic E-state index is 5.34. The van der Waals surface area contributed by atoms with Crippen LogP contribution in [0.1, 0.15) is 27.8 Å². The molecule has 2 nitrogen and oxygen atoms in total. The summed E-state index contributed by atoms with van der Waals surface area (Å²) in [4.78, 5) is 7.65. The summed E-state index contributed by atoms with van der Waals surface area (Å²) in [6.45, 7) is 0. The van der Waals surface area contributed by atoms with Crippen molar-refractivity contribution < 1.29 is 0 Å². The van der Waals surface area contributed by atoms with Crippen molar-refractivity contribution in [1.29, 1.82) is 0 Å². The SMILES string of the molecule is c1ccc(C2=Nc3ccccc3-c3ccccc3N2c2ccc(C(c3ccccc3)(c3ccccc3)c3ccccc3)cc2)cc1. The molecule has 1 heterocycles. The molecule has 7 aromatic rings. The van der Waals surface area contributed by atoms with Crippen LogP contribution in [0.4, 0.5) is 17.1 Å². The lowest BCUT2D eigenvalue weighted by atomic mass is 9.65. The molecule has 0 atom stereocenters. The molecule has 0 saturated heterocycles. The molecule has 1 aliphatic heterocycles. The summed E-state index contributed by atoms with van der Waals surface area (Å²) in [5.41, 5.74) is 10.8. The van der Waals surface area contributed by atoms with E-state index in [9.17, 15) is 0 Å². The Kier molecular flexibility index (Phi) is 7.09. The van der Waals surface area contributed by atoms with Crippen molar-refractivity contribution in [2.75, 3.05) is 4.90 Å². The molecule has 0 spiro atoms. The van der Waals surface area contributed by atoms with Crippen LogP contribution in [0.5, 0.6) is 0 Å². The first-order valence-electron chi connectivity index (χ1n) is 15.7. The molecule has 0 unspecified atom stereocenters. The molecule has 218 valence electrons.